The van der Waals surface area contributed by atoms with Crippen molar-refractivity contribution >= 4 is 23.6 Å². The number of nitriles is 1. The lowest BCUT2D eigenvalue weighted by atomic mass is 9.99. The number of ether oxygens (including phenoxy) is 2. The molecule has 2 aliphatic heterocycles. The first-order valence-corrected chi connectivity index (χ1v) is 16.5. The number of nitrogens with one attached hydrogen (secondary N) is 2. The summed E-state index contributed by atoms with van der Waals surface area (Å²) in [6.07, 6.45) is 11.4. The fourth-order valence-electron chi connectivity index (χ4n) is 6.74. The Morgan fingerprint density at radius 2 is 1.94 bits per heavy atom. The maximum absolute atomic E-state index is 13.9. The summed E-state index contributed by atoms with van der Waals surface area (Å²) < 4.78 is 13.2. The number of carbonyl (C=O) groups is 1. The molecular formula is C35H40N10O3. The van der Waals surface area contributed by atoms with Crippen LogP contribution in [0.1, 0.15) is 43.2 Å². The molecule has 48 heavy (non-hydrogen) atoms. The second-order valence-corrected chi connectivity index (χ2v) is 12.8. The first kappa shape index (κ1) is 31.5. The third kappa shape index (κ3) is 6.95. The van der Waals surface area contributed by atoms with Crippen molar-refractivity contribution in [2.24, 2.45) is 7.05 Å². The number of hydrogen-bond acceptors (Lipinski definition) is 10. The van der Waals surface area contributed by atoms with Gasteiger partial charge in [0.05, 0.1) is 38.8 Å². The van der Waals surface area contributed by atoms with Crippen LogP contribution >= 0.6 is 0 Å². The van der Waals surface area contributed by atoms with Gasteiger partial charge in [-0.1, -0.05) is 30.3 Å². The molecule has 2 saturated heterocycles. The number of rotatable bonds is 8. The molecule has 0 unspecified atom stereocenters. The summed E-state index contributed by atoms with van der Waals surface area (Å²) in [6, 6.07) is 16.0. The summed E-state index contributed by atoms with van der Waals surface area (Å²) in [6.45, 7) is 3.37. The number of benzene rings is 1. The monoisotopic (exact) mass is 648 g/mol. The Morgan fingerprint density at radius 3 is 2.67 bits per heavy atom. The van der Waals surface area contributed by atoms with E-state index in [2.05, 4.69) is 31.7 Å². The number of pyridine rings is 1. The largest absolute Gasteiger partial charge is 0.375 e. The van der Waals surface area contributed by atoms with Crippen molar-refractivity contribution in [2.45, 2.75) is 56.3 Å². The van der Waals surface area contributed by atoms with E-state index < -0.39 is 0 Å². The quantitative estimate of drug-likeness (QED) is 0.266. The van der Waals surface area contributed by atoms with Crippen LogP contribution in [0.2, 0.25) is 0 Å². The van der Waals surface area contributed by atoms with Gasteiger partial charge in [0.25, 0.3) is 0 Å². The SMILES string of the molecule is Cn1cc(-c2ccc(N(C(=O)NCc3ccccc3)[C@H]3CCC[C@H](Nc4ncc(C#N)c(N5CCOC6(COC6)C5)n4)CC3)nc2)cn1. The van der Waals surface area contributed by atoms with Crippen LogP contribution in [0.4, 0.5) is 22.4 Å². The molecule has 13 heteroatoms. The van der Waals surface area contributed by atoms with E-state index in [1.807, 2.05) is 60.6 Å². The maximum Gasteiger partial charge on any atom is 0.323 e. The molecule has 3 aromatic heterocycles. The van der Waals surface area contributed by atoms with Gasteiger partial charge < -0.3 is 25.0 Å². The van der Waals surface area contributed by atoms with Gasteiger partial charge >= 0.3 is 6.03 Å². The Kier molecular flexibility index (Phi) is 9.18. The van der Waals surface area contributed by atoms with Gasteiger partial charge in [-0.25, -0.2) is 14.8 Å². The molecule has 2 atom stereocenters. The number of urea groups is 1. The molecule has 1 aliphatic carbocycles. The van der Waals surface area contributed by atoms with Crippen LogP contribution in [0.15, 0.2) is 67.3 Å². The van der Waals surface area contributed by atoms with Crippen LogP contribution < -0.4 is 20.4 Å². The molecule has 3 aliphatic rings. The Labute approximate surface area is 279 Å². The molecular weight excluding hydrogens is 608 g/mol. The highest BCUT2D eigenvalue weighted by Crippen LogP contribution is 2.32. The van der Waals surface area contributed by atoms with E-state index in [4.69, 9.17) is 19.4 Å². The van der Waals surface area contributed by atoms with Crippen molar-refractivity contribution < 1.29 is 14.3 Å². The molecule has 1 saturated carbocycles. The zero-order valence-corrected chi connectivity index (χ0v) is 27.1. The fraction of sp³-hybridized carbons (Fsp3) is 0.429. The number of carbonyl (C=O) groups excluding carboxylic acids is 1. The molecule has 5 heterocycles. The summed E-state index contributed by atoms with van der Waals surface area (Å²) in [4.78, 5) is 31.9. The fourth-order valence-corrected chi connectivity index (χ4v) is 6.74. The van der Waals surface area contributed by atoms with Crippen molar-refractivity contribution in [3.63, 3.8) is 0 Å². The molecule has 1 spiro atoms. The lowest BCUT2D eigenvalue weighted by Crippen LogP contribution is -2.63. The number of anilines is 3. The normalized spacial score (nSPS) is 20.3. The van der Waals surface area contributed by atoms with Gasteiger partial charge in [0.2, 0.25) is 5.95 Å². The van der Waals surface area contributed by atoms with Crippen molar-refractivity contribution in [2.75, 3.05) is 48.0 Å². The molecule has 248 valence electrons. The molecule has 7 rings (SSSR count). The van der Waals surface area contributed by atoms with Gasteiger partial charge in [-0.2, -0.15) is 15.3 Å². The number of morpholine rings is 1. The number of nitrogens with zero attached hydrogens (tertiary/aromatic N) is 8. The Morgan fingerprint density at radius 1 is 1.06 bits per heavy atom. The summed E-state index contributed by atoms with van der Waals surface area (Å²) in [7, 11) is 1.88. The second-order valence-electron chi connectivity index (χ2n) is 12.8. The average Bonchev–Trinajstić information content (AvgIpc) is 3.42. The van der Waals surface area contributed by atoms with E-state index >= 15 is 0 Å². The predicted octanol–water partition coefficient (Wildman–Crippen LogP) is 4.28. The maximum atomic E-state index is 13.9. The lowest BCUT2D eigenvalue weighted by molar-refractivity contribution is -0.211. The predicted molar refractivity (Wildman–Crippen MR) is 180 cm³/mol. The van der Waals surface area contributed by atoms with Gasteiger partial charge in [0, 0.05) is 55.7 Å². The molecule has 0 radical (unpaired) electrons. The third-order valence-electron chi connectivity index (χ3n) is 9.34. The van der Waals surface area contributed by atoms with Gasteiger partial charge in [-0.15, -0.1) is 0 Å². The smallest absolute Gasteiger partial charge is 0.323 e. The van der Waals surface area contributed by atoms with Crippen LogP contribution in [-0.4, -0.2) is 81.4 Å². The second kappa shape index (κ2) is 14.0. The van der Waals surface area contributed by atoms with Gasteiger partial charge in [-0.3, -0.25) is 9.58 Å². The summed E-state index contributed by atoms with van der Waals surface area (Å²) >= 11 is 0. The van der Waals surface area contributed by atoms with Crippen LogP contribution in [-0.2, 0) is 23.1 Å². The van der Waals surface area contributed by atoms with E-state index in [1.54, 1.807) is 23.3 Å². The van der Waals surface area contributed by atoms with Crippen LogP contribution in [0.5, 0.6) is 0 Å². The third-order valence-corrected chi connectivity index (χ3v) is 9.34. The van der Waals surface area contributed by atoms with Crippen LogP contribution in [0.3, 0.4) is 0 Å². The summed E-state index contributed by atoms with van der Waals surface area (Å²) in [5.74, 6) is 1.74. The van der Waals surface area contributed by atoms with E-state index in [9.17, 15) is 10.1 Å². The number of hydrogen-bond donors (Lipinski definition) is 2. The zero-order valence-electron chi connectivity index (χ0n) is 27.1. The molecule has 1 aromatic carbocycles. The first-order chi connectivity index (χ1) is 23.5. The Hall–Kier alpha value is -5.06. The van der Waals surface area contributed by atoms with E-state index in [-0.39, 0.29) is 23.7 Å². The molecule has 4 aromatic rings. The Bertz CT molecular complexity index is 1750. The van der Waals surface area contributed by atoms with Crippen molar-refractivity contribution in [3.8, 4) is 17.2 Å². The first-order valence-electron chi connectivity index (χ1n) is 16.5. The zero-order chi connectivity index (χ0) is 32.9. The van der Waals surface area contributed by atoms with E-state index in [0.717, 1.165) is 48.8 Å². The van der Waals surface area contributed by atoms with Crippen molar-refractivity contribution in [1.29, 1.82) is 5.26 Å². The minimum absolute atomic E-state index is 0.0454. The molecule has 2 amide bonds. The van der Waals surface area contributed by atoms with E-state index in [0.29, 0.717) is 62.6 Å². The van der Waals surface area contributed by atoms with Crippen LogP contribution in [0, 0.1) is 11.3 Å². The molecule has 13 nitrogen and oxygen atoms in total. The average molecular weight is 649 g/mol. The van der Waals surface area contributed by atoms with Crippen LogP contribution in [0.25, 0.3) is 11.1 Å². The topological polar surface area (TPSA) is 146 Å². The standard InChI is InChI=1S/C35H40N10O3/c1-43-21-28(20-40-43)26-10-13-31(37-18-26)45(34(46)39-17-25-6-3-2-4-7-25)30-9-5-8-29(11-12-30)41-33-38-19-27(16-36)32(42-33)44-14-15-48-35(22-44)23-47-24-35/h2-4,6-7,10,13,18-21,29-30H,5,8-9,11-12,14-15,17,22-24H2,1H3,(H,39,46)(H,38,41,42)/t29-,30-/m0/s1. The highest BCUT2D eigenvalue weighted by atomic mass is 16.6. The summed E-state index contributed by atoms with van der Waals surface area (Å²) in [5, 5.41) is 20.8. The van der Waals surface area contributed by atoms with Gasteiger partial charge in [-0.05, 0) is 49.8 Å². The molecule has 3 fully saturated rings. The van der Waals surface area contributed by atoms with Gasteiger partial charge in [0.1, 0.15) is 23.1 Å². The lowest BCUT2D eigenvalue weighted by Gasteiger charge is -2.48. The highest BCUT2D eigenvalue weighted by molar-refractivity contribution is 5.91. The Balaban J connectivity index is 1.06. The number of amides is 2. The van der Waals surface area contributed by atoms with Crippen molar-refractivity contribution in [3.05, 3.63) is 78.4 Å². The number of aromatic nitrogens is 5. The molecule has 2 N–H and O–H groups in total. The number of aryl methyl sites for hydroxylation is 1. The van der Waals surface area contributed by atoms with Gasteiger partial charge in [0.15, 0.2) is 5.82 Å². The van der Waals surface area contributed by atoms with E-state index in [1.165, 1.54) is 0 Å². The van der Waals surface area contributed by atoms with Crippen molar-refractivity contribution in [1.82, 2.24) is 30.0 Å². The highest BCUT2D eigenvalue weighted by Gasteiger charge is 2.44. The summed E-state index contributed by atoms with van der Waals surface area (Å²) in [5.41, 5.74) is 3.06. The minimum atomic E-state index is -0.326. The molecule has 0 bridgehead atoms. The minimum Gasteiger partial charge on any atom is -0.375 e.